The summed E-state index contributed by atoms with van der Waals surface area (Å²) in [6.07, 6.45) is 9.77. The van der Waals surface area contributed by atoms with Crippen molar-refractivity contribution in [2.24, 2.45) is 40.4 Å². The summed E-state index contributed by atoms with van der Waals surface area (Å²) in [5.74, 6) is 3.08. The van der Waals surface area contributed by atoms with Gasteiger partial charge in [0, 0.05) is 12.0 Å². The van der Waals surface area contributed by atoms with Crippen LogP contribution >= 0.6 is 0 Å². The highest BCUT2D eigenvalue weighted by atomic mass is 16.3. The second kappa shape index (κ2) is 5.81. The standard InChI is InChI=1S/C21H34O3/c1-13(23)21-10-8-18-17(19(21)6-4-15(21)12-22)5-3-14-11-16(24)7-9-20(14,18)2/h14-19,22,24H,3-12H2,1-2H3/t14-,15?,16+,17+,18-,19-,20-,21-/m0/s1. The number of aliphatic hydroxyl groups is 2. The molecule has 0 aromatic heterocycles. The summed E-state index contributed by atoms with van der Waals surface area (Å²) in [7, 11) is 0. The fraction of sp³-hybridized carbons (Fsp3) is 0.952. The van der Waals surface area contributed by atoms with E-state index in [2.05, 4.69) is 6.92 Å². The van der Waals surface area contributed by atoms with Gasteiger partial charge >= 0.3 is 0 Å². The molecule has 4 aliphatic carbocycles. The third-order valence-corrected chi connectivity index (χ3v) is 9.20. The van der Waals surface area contributed by atoms with Crippen LogP contribution in [0, 0.1) is 40.4 Å². The first-order chi connectivity index (χ1) is 11.4. The largest absolute Gasteiger partial charge is 0.396 e. The summed E-state index contributed by atoms with van der Waals surface area (Å²) in [6, 6.07) is 0. The Hall–Kier alpha value is -0.410. The molecule has 3 nitrogen and oxygen atoms in total. The average molecular weight is 335 g/mol. The van der Waals surface area contributed by atoms with E-state index in [1.807, 2.05) is 0 Å². The van der Waals surface area contributed by atoms with E-state index < -0.39 is 0 Å². The van der Waals surface area contributed by atoms with Crippen molar-refractivity contribution in [1.82, 2.24) is 0 Å². The fourth-order valence-electron chi connectivity index (χ4n) is 8.00. The predicted octanol–water partition coefficient (Wildman–Crippen LogP) is 3.57. The van der Waals surface area contributed by atoms with Crippen molar-refractivity contribution in [3.8, 4) is 0 Å². The molecular formula is C21H34O3. The van der Waals surface area contributed by atoms with Crippen LogP contribution in [0.15, 0.2) is 0 Å². The van der Waals surface area contributed by atoms with Gasteiger partial charge in [0.1, 0.15) is 5.78 Å². The topological polar surface area (TPSA) is 57.5 Å². The quantitative estimate of drug-likeness (QED) is 0.812. The van der Waals surface area contributed by atoms with E-state index in [4.69, 9.17) is 0 Å². The van der Waals surface area contributed by atoms with Crippen LogP contribution in [0.4, 0.5) is 0 Å². The maximum Gasteiger partial charge on any atom is 0.136 e. The van der Waals surface area contributed by atoms with Gasteiger partial charge in [-0.05, 0) is 99.7 Å². The second-order valence-electron chi connectivity index (χ2n) is 9.68. The zero-order chi connectivity index (χ0) is 17.1. The van der Waals surface area contributed by atoms with E-state index in [1.54, 1.807) is 6.92 Å². The lowest BCUT2D eigenvalue weighted by Gasteiger charge is -2.61. The third-order valence-electron chi connectivity index (χ3n) is 9.20. The molecule has 0 aliphatic heterocycles. The summed E-state index contributed by atoms with van der Waals surface area (Å²) >= 11 is 0. The molecule has 136 valence electrons. The van der Waals surface area contributed by atoms with Gasteiger partial charge in [-0.2, -0.15) is 0 Å². The van der Waals surface area contributed by atoms with Crippen molar-refractivity contribution in [2.75, 3.05) is 6.61 Å². The van der Waals surface area contributed by atoms with Crippen molar-refractivity contribution in [3.63, 3.8) is 0 Å². The van der Waals surface area contributed by atoms with Crippen LogP contribution in [0.2, 0.25) is 0 Å². The molecule has 4 saturated carbocycles. The van der Waals surface area contributed by atoms with E-state index in [0.29, 0.717) is 29.0 Å². The monoisotopic (exact) mass is 334 g/mol. The zero-order valence-corrected chi connectivity index (χ0v) is 15.3. The molecule has 4 rings (SSSR count). The van der Waals surface area contributed by atoms with Crippen LogP contribution in [-0.2, 0) is 4.79 Å². The Morgan fingerprint density at radius 3 is 2.54 bits per heavy atom. The number of carbonyl (C=O) groups is 1. The van der Waals surface area contributed by atoms with Crippen molar-refractivity contribution < 1.29 is 15.0 Å². The highest BCUT2D eigenvalue weighted by Gasteiger charge is 2.63. The van der Waals surface area contributed by atoms with Gasteiger partial charge in [0.05, 0.1) is 6.10 Å². The SMILES string of the molecule is CC(=O)[C@]12CC[C@H]3[C@@H](CC[C@H]4C[C@H](O)CC[C@@]43C)[C@@H]1CCC2CO. The molecule has 0 aromatic carbocycles. The van der Waals surface area contributed by atoms with Crippen LogP contribution in [0.1, 0.15) is 71.6 Å². The number of rotatable bonds is 2. The molecule has 2 N–H and O–H groups in total. The van der Waals surface area contributed by atoms with Crippen molar-refractivity contribution >= 4 is 5.78 Å². The molecule has 4 fully saturated rings. The molecule has 8 atom stereocenters. The smallest absolute Gasteiger partial charge is 0.136 e. The summed E-state index contributed by atoms with van der Waals surface area (Å²) in [6.45, 7) is 4.45. The molecule has 0 radical (unpaired) electrons. The van der Waals surface area contributed by atoms with E-state index in [9.17, 15) is 15.0 Å². The van der Waals surface area contributed by atoms with Crippen molar-refractivity contribution in [3.05, 3.63) is 0 Å². The third kappa shape index (κ3) is 2.13. The number of hydrogen-bond acceptors (Lipinski definition) is 3. The Bertz CT molecular complexity index is 517. The zero-order valence-electron chi connectivity index (χ0n) is 15.3. The maximum atomic E-state index is 12.7. The van der Waals surface area contributed by atoms with Gasteiger partial charge in [-0.1, -0.05) is 6.92 Å². The second-order valence-corrected chi connectivity index (χ2v) is 9.68. The Morgan fingerprint density at radius 1 is 1.04 bits per heavy atom. The summed E-state index contributed by atoms with van der Waals surface area (Å²) in [4.78, 5) is 12.7. The lowest BCUT2D eigenvalue weighted by Crippen LogP contribution is -2.56. The Morgan fingerprint density at radius 2 is 1.83 bits per heavy atom. The summed E-state index contributed by atoms with van der Waals surface area (Å²) in [5.41, 5.74) is 0.135. The highest BCUT2D eigenvalue weighted by molar-refractivity contribution is 5.83. The van der Waals surface area contributed by atoms with E-state index in [-0.39, 0.29) is 24.0 Å². The number of hydrogen-bond donors (Lipinski definition) is 2. The molecule has 0 bridgehead atoms. The molecular weight excluding hydrogens is 300 g/mol. The van der Waals surface area contributed by atoms with Crippen LogP contribution < -0.4 is 0 Å². The van der Waals surface area contributed by atoms with Crippen molar-refractivity contribution in [2.45, 2.75) is 77.7 Å². The minimum Gasteiger partial charge on any atom is -0.396 e. The van der Waals surface area contributed by atoms with Gasteiger partial charge in [-0.25, -0.2) is 0 Å². The van der Waals surface area contributed by atoms with E-state index in [0.717, 1.165) is 50.9 Å². The van der Waals surface area contributed by atoms with E-state index >= 15 is 0 Å². The molecule has 3 heteroatoms. The van der Waals surface area contributed by atoms with Gasteiger partial charge < -0.3 is 10.2 Å². The minimum atomic E-state index is -0.229. The number of fused-ring (bicyclic) bond motifs is 5. The number of carbonyl (C=O) groups excluding carboxylic acids is 1. The van der Waals surface area contributed by atoms with Crippen molar-refractivity contribution in [1.29, 1.82) is 0 Å². The first-order valence-electron chi connectivity index (χ1n) is 10.2. The maximum absolute atomic E-state index is 12.7. The number of ketones is 1. The predicted molar refractivity (Wildman–Crippen MR) is 93.3 cm³/mol. The average Bonchev–Trinajstić information content (AvgIpc) is 2.95. The van der Waals surface area contributed by atoms with Gasteiger partial charge in [0.15, 0.2) is 0 Å². The Kier molecular flexibility index (Phi) is 4.12. The Labute approximate surface area is 146 Å². The lowest BCUT2D eigenvalue weighted by molar-refractivity contribution is -0.155. The van der Waals surface area contributed by atoms with E-state index in [1.165, 1.54) is 12.8 Å². The van der Waals surface area contributed by atoms with Gasteiger partial charge in [-0.3, -0.25) is 4.79 Å². The summed E-state index contributed by atoms with van der Waals surface area (Å²) < 4.78 is 0. The summed E-state index contributed by atoms with van der Waals surface area (Å²) in [5, 5.41) is 20.0. The molecule has 4 aliphatic rings. The lowest BCUT2D eigenvalue weighted by atomic mass is 9.44. The van der Waals surface area contributed by atoms with Gasteiger partial charge in [0.25, 0.3) is 0 Å². The molecule has 0 aromatic rings. The van der Waals surface area contributed by atoms with Crippen LogP contribution in [0.3, 0.4) is 0 Å². The molecule has 0 amide bonds. The molecule has 0 spiro atoms. The number of Topliss-reactive ketones (excluding diaryl/α,β-unsaturated/α-hetero) is 1. The first-order valence-corrected chi connectivity index (χ1v) is 10.2. The van der Waals surface area contributed by atoms with Gasteiger partial charge in [0.2, 0.25) is 0 Å². The molecule has 24 heavy (non-hydrogen) atoms. The molecule has 0 saturated heterocycles. The molecule has 0 heterocycles. The van der Waals surface area contributed by atoms with Crippen LogP contribution in [-0.4, -0.2) is 28.7 Å². The number of aliphatic hydroxyl groups excluding tert-OH is 2. The molecule has 1 unspecified atom stereocenters. The first kappa shape index (κ1) is 17.0. The normalized spacial score (nSPS) is 53.8. The Balaban J connectivity index is 1.66. The van der Waals surface area contributed by atoms with Crippen LogP contribution in [0.5, 0.6) is 0 Å². The fourth-order valence-corrected chi connectivity index (χ4v) is 8.00. The highest BCUT2D eigenvalue weighted by Crippen LogP contribution is 2.67. The minimum absolute atomic E-state index is 0.0928. The van der Waals surface area contributed by atoms with Crippen LogP contribution in [0.25, 0.3) is 0 Å². The van der Waals surface area contributed by atoms with Gasteiger partial charge in [-0.15, -0.1) is 0 Å².